The summed E-state index contributed by atoms with van der Waals surface area (Å²) in [6, 6.07) is 4.79. The van der Waals surface area contributed by atoms with Gasteiger partial charge in [0.15, 0.2) is 0 Å². The molecule has 15 heavy (non-hydrogen) atoms. The van der Waals surface area contributed by atoms with Crippen molar-refractivity contribution >= 4 is 27.9 Å². The number of halogens is 1. The molecule has 1 aromatic rings. The first-order valence-corrected chi connectivity index (χ1v) is 5.22. The Morgan fingerprint density at radius 2 is 2.27 bits per heavy atom. The molecule has 0 radical (unpaired) electrons. The summed E-state index contributed by atoms with van der Waals surface area (Å²) < 4.78 is 0.672. The van der Waals surface area contributed by atoms with Crippen LogP contribution in [0.25, 0.3) is 0 Å². The predicted molar refractivity (Wildman–Crippen MR) is 59.7 cm³/mol. The lowest BCUT2D eigenvalue weighted by atomic mass is 10.0. The molecule has 0 amide bonds. The van der Waals surface area contributed by atoms with Crippen molar-refractivity contribution in [3.63, 3.8) is 0 Å². The van der Waals surface area contributed by atoms with E-state index in [1.807, 2.05) is 0 Å². The van der Waals surface area contributed by atoms with Crippen molar-refractivity contribution < 1.29 is 9.72 Å². The lowest BCUT2D eigenvalue weighted by molar-refractivity contribution is -0.385. The quantitative estimate of drug-likeness (QED) is 0.481. The van der Waals surface area contributed by atoms with Crippen LogP contribution < -0.4 is 0 Å². The van der Waals surface area contributed by atoms with Crippen LogP contribution in [0.4, 0.5) is 5.69 Å². The zero-order valence-corrected chi connectivity index (χ0v) is 9.73. The van der Waals surface area contributed by atoms with Gasteiger partial charge >= 0.3 is 0 Å². The van der Waals surface area contributed by atoms with E-state index in [-0.39, 0.29) is 11.6 Å². The number of nitrogens with zero attached hydrogens (tertiary/aromatic N) is 1. The minimum Gasteiger partial charge on any atom is -0.303 e. The van der Waals surface area contributed by atoms with Gasteiger partial charge in [-0.15, -0.1) is 0 Å². The summed E-state index contributed by atoms with van der Waals surface area (Å²) in [5.74, 6) is -0.220. The number of carbonyl (C=O) groups is 1. The van der Waals surface area contributed by atoms with Crippen molar-refractivity contribution in [2.24, 2.45) is 5.92 Å². The van der Waals surface area contributed by atoms with Gasteiger partial charge in [0.2, 0.25) is 0 Å². The van der Waals surface area contributed by atoms with Crippen LogP contribution in [0.5, 0.6) is 0 Å². The fourth-order valence-electron chi connectivity index (χ4n) is 1.29. The fraction of sp³-hybridized carbons (Fsp3) is 0.300. The van der Waals surface area contributed by atoms with Crippen LogP contribution in [0, 0.1) is 16.0 Å². The van der Waals surface area contributed by atoms with E-state index in [1.165, 1.54) is 6.07 Å². The zero-order chi connectivity index (χ0) is 11.4. The van der Waals surface area contributed by atoms with Gasteiger partial charge in [0, 0.05) is 22.0 Å². The summed E-state index contributed by atoms with van der Waals surface area (Å²) in [4.78, 5) is 20.8. The van der Waals surface area contributed by atoms with E-state index in [9.17, 15) is 14.9 Å². The molecule has 0 saturated carbocycles. The van der Waals surface area contributed by atoms with Gasteiger partial charge < -0.3 is 4.79 Å². The first-order chi connectivity index (χ1) is 7.06. The van der Waals surface area contributed by atoms with Crippen LogP contribution in [-0.4, -0.2) is 11.2 Å². The highest BCUT2D eigenvalue weighted by Gasteiger charge is 2.17. The third kappa shape index (κ3) is 2.86. The number of nitro groups is 1. The Kier molecular flexibility index (Phi) is 3.96. The number of rotatable bonds is 4. The van der Waals surface area contributed by atoms with Gasteiger partial charge in [-0.2, -0.15) is 0 Å². The standard InChI is InChI=1S/C10H10BrNO3/c1-7(6-13)5-8-9(11)3-2-4-10(8)12(14)15/h2-4,6-7H,5H2,1H3. The third-order valence-electron chi connectivity index (χ3n) is 2.05. The molecule has 4 nitrogen and oxygen atoms in total. The van der Waals surface area contributed by atoms with E-state index < -0.39 is 4.92 Å². The smallest absolute Gasteiger partial charge is 0.273 e. The molecule has 1 rings (SSSR count). The second-order valence-corrected chi connectivity index (χ2v) is 4.17. The first-order valence-electron chi connectivity index (χ1n) is 4.43. The summed E-state index contributed by atoms with van der Waals surface area (Å²) in [6.45, 7) is 1.73. The average Bonchev–Trinajstić information content (AvgIpc) is 2.20. The second-order valence-electron chi connectivity index (χ2n) is 3.31. The topological polar surface area (TPSA) is 60.2 Å². The molecule has 0 aliphatic carbocycles. The van der Waals surface area contributed by atoms with Crippen molar-refractivity contribution in [2.45, 2.75) is 13.3 Å². The highest BCUT2D eigenvalue weighted by Crippen LogP contribution is 2.28. The summed E-state index contributed by atoms with van der Waals surface area (Å²) in [5, 5.41) is 10.7. The van der Waals surface area contributed by atoms with Crippen LogP contribution in [-0.2, 0) is 11.2 Å². The minimum absolute atomic E-state index is 0.0538. The molecular formula is C10H10BrNO3. The normalized spacial score (nSPS) is 12.1. The van der Waals surface area contributed by atoms with Crippen LogP contribution in [0.15, 0.2) is 22.7 Å². The molecule has 1 aromatic carbocycles. The van der Waals surface area contributed by atoms with E-state index in [0.717, 1.165) is 6.29 Å². The Hall–Kier alpha value is -1.23. The highest BCUT2D eigenvalue weighted by atomic mass is 79.9. The van der Waals surface area contributed by atoms with Gasteiger partial charge in [0.1, 0.15) is 6.29 Å². The Bertz CT molecular complexity index is 392. The maximum atomic E-state index is 10.7. The Balaban J connectivity index is 3.13. The number of hydrogen-bond acceptors (Lipinski definition) is 3. The molecule has 80 valence electrons. The van der Waals surface area contributed by atoms with Gasteiger partial charge in [0.05, 0.1) is 4.92 Å². The van der Waals surface area contributed by atoms with E-state index in [1.54, 1.807) is 19.1 Å². The van der Waals surface area contributed by atoms with E-state index in [4.69, 9.17) is 0 Å². The number of carbonyl (C=O) groups excluding carboxylic acids is 1. The molecular weight excluding hydrogens is 262 g/mol. The molecule has 0 aliphatic heterocycles. The van der Waals surface area contributed by atoms with Crippen molar-refractivity contribution in [1.29, 1.82) is 0 Å². The highest BCUT2D eigenvalue weighted by molar-refractivity contribution is 9.10. The lowest BCUT2D eigenvalue weighted by Crippen LogP contribution is -2.04. The Morgan fingerprint density at radius 1 is 1.60 bits per heavy atom. The molecule has 0 aliphatic rings. The van der Waals surface area contributed by atoms with Crippen LogP contribution in [0.3, 0.4) is 0 Å². The number of benzene rings is 1. The van der Waals surface area contributed by atoms with Crippen LogP contribution >= 0.6 is 15.9 Å². The molecule has 0 bridgehead atoms. The van der Waals surface area contributed by atoms with Gasteiger partial charge in [-0.3, -0.25) is 10.1 Å². The van der Waals surface area contributed by atoms with Crippen LogP contribution in [0.2, 0.25) is 0 Å². The monoisotopic (exact) mass is 271 g/mol. The van der Waals surface area contributed by atoms with Crippen molar-refractivity contribution in [2.75, 3.05) is 0 Å². The third-order valence-corrected chi connectivity index (χ3v) is 2.79. The number of nitro benzene ring substituents is 1. The SMILES string of the molecule is CC(C=O)Cc1c(Br)cccc1[N+](=O)[O-]. The minimum atomic E-state index is -0.433. The molecule has 1 unspecified atom stereocenters. The number of hydrogen-bond donors (Lipinski definition) is 0. The molecule has 1 atom stereocenters. The first kappa shape index (κ1) is 11.8. The Morgan fingerprint density at radius 3 is 2.80 bits per heavy atom. The summed E-state index contributed by atoms with van der Waals surface area (Å²) in [6.07, 6.45) is 1.17. The zero-order valence-electron chi connectivity index (χ0n) is 8.14. The van der Waals surface area contributed by atoms with E-state index in [2.05, 4.69) is 15.9 Å². The molecule has 0 heterocycles. The van der Waals surface area contributed by atoms with Gasteiger partial charge in [-0.25, -0.2) is 0 Å². The van der Waals surface area contributed by atoms with Gasteiger partial charge in [-0.05, 0) is 12.5 Å². The summed E-state index contributed by atoms with van der Waals surface area (Å²) >= 11 is 3.25. The molecule has 0 spiro atoms. The molecule has 0 saturated heterocycles. The van der Waals surface area contributed by atoms with E-state index >= 15 is 0 Å². The second kappa shape index (κ2) is 5.02. The van der Waals surface area contributed by atoms with Gasteiger partial charge in [-0.1, -0.05) is 28.9 Å². The van der Waals surface area contributed by atoms with Crippen molar-refractivity contribution in [1.82, 2.24) is 0 Å². The van der Waals surface area contributed by atoms with Crippen molar-refractivity contribution in [3.8, 4) is 0 Å². The molecule has 0 aromatic heterocycles. The Labute approximate surface area is 95.6 Å². The fourth-order valence-corrected chi connectivity index (χ4v) is 1.81. The molecule has 0 N–H and O–H groups in total. The lowest BCUT2D eigenvalue weighted by Gasteiger charge is -2.06. The maximum Gasteiger partial charge on any atom is 0.273 e. The molecule has 0 fully saturated rings. The number of aldehydes is 1. The largest absolute Gasteiger partial charge is 0.303 e. The summed E-state index contributed by atoms with van der Waals surface area (Å²) in [5.41, 5.74) is 0.625. The van der Waals surface area contributed by atoms with Crippen LogP contribution in [0.1, 0.15) is 12.5 Å². The summed E-state index contributed by atoms with van der Waals surface area (Å²) in [7, 11) is 0. The maximum absolute atomic E-state index is 10.7. The molecule has 5 heteroatoms. The predicted octanol–water partition coefficient (Wildman–Crippen LogP) is 2.73. The average molecular weight is 272 g/mol. The van der Waals surface area contributed by atoms with Crippen molar-refractivity contribution in [3.05, 3.63) is 38.3 Å². The van der Waals surface area contributed by atoms with Gasteiger partial charge in [0.25, 0.3) is 5.69 Å². The van der Waals surface area contributed by atoms with E-state index in [0.29, 0.717) is 16.5 Å².